The number of rotatable bonds is 5. The minimum absolute atomic E-state index is 0.218. The normalized spacial score (nSPS) is 16.9. The summed E-state index contributed by atoms with van der Waals surface area (Å²) in [6.45, 7) is 0.218. The Bertz CT molecular complexity index is 768. The first-order chi connectivity index (χ1) is 12.2. The van der Waals surface area contributed by atoms with Gasteiger partial charge in [0.05, 0.1) is 13.2 Å². The summed E-state index contributed by atoms with van der Waals surface area (Å²) in [7, 11) is 1.60. The zero-order valence-corrected chi connectivity index (χ0v) is 13.9. The summed E-state index contributed by atoms with van der Waals surface area (Å²) in [5.41, 5.74) is 1.91. The quantitative estimate of drug-likeness (QED) is 0.786. The third-order valence-electron chi connectivity index (χ3n) is 4.05. The molecule has 0 aromatic heterocycles. The van der Waals surface area contributed by atoms with Crippen molar-refractivity contribution in [2.24, 2.45) is 0 Å². The van der Waals surface area contributed by atoms with Crippen molar-refractivity contribution in [3.63, 3.8) is 0 Å². The monoisotopic (exact) mass is 337 g/mol. The first kappa shape index (κ1) is 16.8. The smallest absolute Gasteiger partial charge is 0.417 e. The second-order valence-electron chi connectivity index (χ2n) is 5.74. The highest BCUT2D eigenvalue weighted by Gasteiger charge is 2.36. The van der Waals surface area contributed by atoms with Gasteiger partial charge in [0.15, 0.2) is 0 Å². The Morgan fingerprint density at radius 1 is 1.20 bits per heavy atom. The second-order valence-corrected chi connectivity index (χ2v) is 5.74. The number of methoxy groups -OCH3 is 1. The number of cyclic esters (lactones) is 1. The van der Waals surface area contributed by atoms with Crippen molar-refractivity contribution in [1.29, 1.82) is 0 Å². The highest BCUT2D eigenvalue weighted by atomic mass is 16.6. The largest absolute Gasteiger partial charge is 0.497 e. The van der Waals surface area contributed by atoms with Crippen molar-refractivity contribution >= 4 is 18.1 Å². The van der Waals surface area contributed by atoms with Gasteiger partial charge in [0.1, 0.15) is 12.4 Å². The average molecular weight is 337 g/mol. The van der Waals surface area contributed by atoms with Crippen LogP contribution >= 0.6 is 0 Å². The van der Waals surface area contributed by atoms with Crippen LogP contribution in [0.15, 0.2) is 60.7 Å². The van der Waals surface area contributed by atoms with E-state index in [1.807, 2.05) is 54.6 Å². The minimum atomic E-state index is -0.592. The summed E-state index contributed by atoms with van der Waals surface area (Å²) in [6.07, 6.45) is 3.05. The Morgan fingerprint density at radius 3 is 2.60 bits per heavy atom. The van der Waals surface area contributed by atoms with Crippen LogP contribution in [0.3, 0.4) is 0 Å². The molecule has 0 aliphatic carbocycles. The molecule has 0 unspecified atom stereocenters. The summed E-state index contributed by atoms with van der Waals surface area (Å²) in [5.74, 6) is 0.369. The van der Waals surface area contributed by atoms with Crippen molar-refractivity contribution < 1.29 is 19.1 Å². The molecule has 1 aliphatic rings. The molecule has 5 heteroatoms. The predicted octanol–water partition coefficient (Wildman–Crippen LogP) is 3.30. The van der Waals surface area contributed by atoms with Crippen LogP contribution < -0.4 is 4.74 Å². The van der Waals surface area contributed by atoms with Gasteiger partial charge >= 0.3 is 6.09 Å². The maximum atomic E-state index is 12.5. The zero-order chi connectivity index (χ0) is 17.6. The van der Waals surface area contributed by atoms with Crippen molar-refractivity contribution in [1.82, 2.24) is 4.90 Å². The lowest BCUT2D eigenvalue weighted by molar-refractivity contribution is -0.124. The number of carbonyl (C=O) groups excluding carboxylic acids is 2. The zero-order valence-electron chi connectivity index (χ0n) is 13.9. The fourth-order valence-corrected chi connectivity index (χ4v) is 2.73. The van der Waals surface area contributed by atoms with E-state index in [1.165, 1.54) is 11.0 Å². The second kappa shape index (κ2) is 7.66. The van der Waals surface area contributed by atoms with Gasteiger partial charge in [-0.25, -0.2) is 9.69 Å². The van der Waals surface area contributed by atoms with Crippen LogP contribution in [0, 0.1) is 0 Å². The molecule has 5 nitrogen and oxygen atoms in total. The summed E-state index contributed by atoms with van der Waals surface area (Å²) in [5, 5.41) is 0. The molecule has 1 aliphatic heterocycles. The summed E-state index contributed by atoms with van der Waals surface area (Å²) >= 11 is 0. The number of nitrogens with zero attached hydrogens (tertiary/aromatic N) is 1. The number of ether oxygens (including phenoxy) is 2. The molecule has 2 amide bonds. The van der Waals surface area contributed by atoms with E-state index >= 15 is 0 Å². The van der Waals surface area contributed by atoms with Gasteiger partial charge in [-0.15, -0.1) is 0 Å². The topological polar surface area (TPSA) is 55.8 Å². The van der Waals surface area contributed by atoms with Crippen LogP contribution in [0.5, 0.6) is 5.75 Å². The Kier molecular flexibility index (Phi) is 5.14. The van der Waals surface area contributed by atoms with E-state index in [2.05, 4.69) is 0 Å². The predicted molar refractivity (Wildman–Crippen MR) is 94.2 cm³/mol. The highest BCUT2D eigenvalue weighted by Crippen LogP contribution is 2.18. The molecule has 0 saturated carbocycles. The minimum Gasteiger partial charge on any atom is -0.497 e. The molecular weight excluding hydrogens is 318 g/mol. The molecule has 0 radical (unpaired) electrons. The molecule has 1 atom stereocenters. The fourth-order valence-electron chi connectivity index (χ4n) is 2.73. The fraction of sp³-hybridized carbons (Fsp3) is 0.200. The number of carbonyl (C=O) groups is 2. The van der Waals surface area contributed by atoms with Gasteiger partial charge in [0.25, 0.3) is 5.91 Å². The lowest BCUT2D eigenvalue weighted by atomic mass is 10.1. The first-order valence-corrected chi connectivity index (χ1v) is 8.03. The lowest BCUT2D eigenvalue weighted by Crippen LogP contribution is -2.39. The number of hydrogen-bond donors (Lipinski definition) is 0. The van der Waals surface area contributed by atoms with Crippen molar-refractivity contribution in [2.45, 2.75) is 12.5 Å². The number of amides is 2. The molecular formula is C20H19NO4. The van der Waals surface area contributed by atoms with E-state index in [0.717, 1.165) is 16.9 Å². The number of benzene rings is 2. The Labute approximate surface area is 146 Å². The number of imide groups is 1. The van der Waals surface area contributed by atoms with Gasteiger partial charge in [-0.2, -0.15) is 0 Å². The summed E-state index contributed by atoms with van der Waals surface area (Å²) in [6, 6.07) is 16.8. The molecule has 1 fully saturated rings. The van der Waals surface area contributed by atoms with E-state index in [0.29, 0.717) is 6.42 Å². The van der Waals surface area contributed by atoms with E-state index in [9.17, 15) is 9.59 Å². The van der Waals surface area contributed by atoms with Gasteiger partial charge in [0.2, 0.25) is 0 Å². The van der Waals surface area contributed by atoms with E-state index in [4.69, 9.17) is 9.47 Å². The van der Waals surface area contributed by atoms with Crippen LogP contribution in [0.1, 0.15) is 11.1 Å². The van der Waals surface area contributed by atoms with Gasteiger partial charge in [-0.05, 0) is 35.8 Å². The molecule has 3 rings (SSSR count). The SMILES string of the molecule is COc1ccc(/C=C/C(=O)N2C(=O)OC[C@@H]2Cc2ccccc2)cc1. The van der Waals surface area contributed by atoms with Crippen LogP contribution in [0.25, 0.3) is 6.08 Å². The molecule has 2 aromatic rings. The molecule has 0 N–H and O–H groups in total. The molecule has 2 aromatic carbocycles. The van der Waals surface area contributed by atoms with Crippen LogP contribution in [0.4, 0.5) is 4.79 Å². The van der Waals surface area contributed by atoms with Crippen molar-refractivity contribution in [2.75, 3.05) is 13.7 Å². The Hall–Kier alpha value is -3.08. The van der Waals surface area contributed by atoms with Gasteiger partial charge in [-0.1, -0.05) is 42.5 Å². The number of hydrogen-bond acceptors (Lipinski definition) is 4. The molecule has 0 bridgehead atoms. The van der Waals surface area contributed by atoms with E-state index < -0.39 is 6.09 Å². The summed E-state index contributed by atoms with van der Waals surface area (Å²) < 4.78 is 10.2. The first-order valence-electron chi connectivity index (χ1n) is 8.03. The van der Waals surface area contributed by atoms with Crippen LogP contribution in [0.2, 0.25) is 0 Å². The van der Waals surface area contributed by atoms with Crippen molar-refractivity contribution in [3.8, 4) is 5.75 Å². The third-order valence-corrected chi connectivity index (χ3v) is 4.05. The molecule has 0 spiro atoms. The third kappa shape index (κ3) is 4.07. The van der Waals surface area contributed by atoms with Gasteiger partial charge in [0, 0.05) is 6.08 Å². The van der Waals surface area contributed by atoms with Gasteiger partial charge in [-0.3, -0.25) is 4.79 Å². The maximum absolute atomic E-state index is 12.5. The molecule has 1 saturated heterocycles. The summed E-state index contributed by atoms with van der Waals surface area (Å²) in [4.78, 5) is 25.6. The van der Waals surface area contributed by atoms with Crippen LogP contribution in [-0.4, -0.2) is 36.7 Å². The van der Waals surface area contributed by atoms with Crippen molar-refractivity contribution in [3.05, 3.63) is 71.8 Å². The standard InChI is InChI=1S/C20H19NO4/c1-24-18-10-7-15(8-11-18)9-12-19(22)21-17(14-25-20(21)23)13-16-5-3-2-4-6-16/h2-12,17H,13-14H2,1H3/b12-9+/t17-/m0/s1. The average Bonchev–Trinajstić information content (AvgIpc) is 3.01. The van der Waals surface area contributed by atoms with Crippen LogP contribution in [-0.2, 0) is 16.0 Å². The van der Waals surface area contributed by atoms with E-state index in [-0.39, 0.29) is 18.6 Å². The Morgan fingerprint density at radius 2 is 1.92 bits per heavy atom. The molecule has 1 heterocycles. The maximum Gasteiger partial charge on any atom is 0.417 e. The molecule has 128 valence electrons. The van der Waals surface area contributed by atoms with Gasteiger partial charge < -0.3 is 9.47 Å². The highest BCUT2D eigenvalue weighted by molar-refractivity contribution is 6.02. The lowest BCUT2D eigenvalue weighted by Gasteiger charge is -2.18. The molecule has 25 heavy (non-hydrogen) atoms. The van der Waals surface area contributed by atoms with E-state index in [1.54, 1.807) is 13.2 Å². The Balaban J connectivity index is 1.69.